The molecule has 0 saturated carbocycles. The Balaban J connectivity index is 2.09. The third-order valence-corrected chi connectivity index (χ3v) is 6.88. The van der Waals surface area contributed by atoms with E-state index in [-0.39, 0.29) is 11.2 Å². The van der Waals surface area contributed by atoms with Crippen molar-refractivity contribution in [3.05, 3.63) is 58.6 Å². The molecule has 0 spiro atoms. The maximum absolute atomic E-state index is 9.14. The first-order chi connectivity index (χ1) is 12.7. The van der Waals surface area contributed by atoms with Crippen LogP contribution in [0.25, 0.3) is 0 Å². The van der Waals surface area contributed by atoms with Crippen LogP contribution in [0.3, 0.4) is 0 Å². The van der Waals surface area contributed by atoms with Gasteiger partial charge in [-0.15, -0.1) is 23.5 Å². The monoisotopic (exact) mass is 412 g/mol. The predicted molar refractivity (Wildman–Crippen MR) is 114 cm³/mol. The maximum Gasteiger partial charge on any atom is 0.161 e. The number of halogens is 1. The Morgan fingerprint density at radius 2 is 1.77 bits per heavy atom. The van der Waals surface area contributed by atoms with Crippen molar-refractivity contribution >= 4 is 35.1 Å². The molecule has 0 fully saturated rings. The van der Waals surface area contributed by atoms with Crippen molar-refractivity contribution in [2.75, 3.05) is 25.2 Å². The standard InChI is InChI=1S/C20H25ClO3S2/c1-3-11-25-20(26-12-10-22)16-6-9-18(19(13-16)23-2)24-14-15-4-7-17(21)8-5-15/h4-9,13,20,22H,3,10-12,14H2,1-2H3. The van der Waals surface area contributed by atoms with Gasteiger partial charge in [0.05, 0.1) is 18.3 Å². The Morgan fingerprint density at radius 3 is 2.42 bits per heavy atom. The zero-order valence-electron chi connectivity index (χ0n) is 15.1. The zero-order valence-corrected chi connectivity index (χ0v) is 17.5. The van der Waals surface area contributed by atoms with Crippen molar-refractivity contribution in [3.63, 3.8) is 0 Å². The molecule has 1 atom stereocenters. The molecule has 0 amide bonds. The van der Waals surface area contributed by atoms with E-state index >= 15 is 0 Å². The molecule has 0 saturated heterocycles. The molecular weight excluding hydrogens is 388 g/mol. The van der Waals surface area contributed by atoms with Gasteiger partial charge in [-0.2, -0.15) is 0 Å². The fourth-order valence-electron chi connectivity index (χ4n) is 2.32. The minimum atomic E-state index is 0.188. The summed E-state index contributed by atoms with van der Waals surface area (Å²) in [6, 6.07) is 13.7. The number of ether oxygens (including phenoxy) is 2. The first-order valence-corrected chi connectivity index (χ1v) is 11.0. The van der Waals surface area contributed by atoms with Crippen molar-refractivity contribution < 1.29 is 14.6 Å². The molecule has 2 aromatic carbocycles. The summed E-state index contributed by atoms with van der Waals surface area (Å²) < 4.78 is 11.7. The van der Waals surface area contributed by atoms with Crippen molar-refractivity contribution in [1.82, 2.24) is 0 Å². The van der Waals surface area contributed by atoms with E-state index in [0.29, 0.717) is 11.6 Å². The second kappa shape index (κ2) is 11.7. The zero-order chi connectivity index (χ0) is 18.8. The van der Waals surface area contributed by atoms with Crippen molar-refractivity contribution in [2.45, 2.75) is 24.5 Å². The van der Waals surface area contributed by atoms with Crippen LogP contribution in [0.15, 0.2) is 42.5 Å². The maximum atomic E-state index is 9.14. The summed E-state index contributed by atoms with van der Waals surface area (Å²) in [5, 5.41) is 9.86. The second-order valence-corrected chi connectivity index (χ2v) is 8.78. The van der Waals surface area contributed by atoms with Crippen molar-refractivity contribution in [1.29, 1.82) is 0 Å². The summed E-state index contributed by atoms with van der Waals surface area (Å²) in [4.78, 5) is 0. The van der Waals surface area contributed by atoms with E-state index in [0.717, 1.165) is 35.0 Å². The predicted octanol–water partition coefficient (Wildman–Crippen LogP) is 5.79. The third-order valence-electron chi connectivity index (χ3n) is 3.60. The van der Waals surface area contributed by atoms with Crippen LogP contribution < -0.4 is 9.47 Å². The molecule has 0 aliphatic carbocycles. The van der Waals surface area contributed by atoms with Crippen LogP contribution in [0.5, 0.6) is 11.5 Å². The van der Waals surface area contributed by atoms with Gasteiger partial charge in [0, 0.05) is 10.8 Å². The van der Waals surface area contributed by atoms with Gasteiger partial charge in [-0.25, -0.2) is 0 Å². The highest BCUT2D eigenvalue weighted by Crippen LogP contribution is 2.42. The van der Waals surface area contributed by atoms with Gasteiger partial charge in [0.2, 0.25) is 0 Å². The van der Waals surface area contributed by atoms with Gasteiger partial charge in [0.25, 0.3) is 0 Å². The molecule has 0 radical (unpaired) electrons. The summed E-state index contributed by atoms with van der Waals surface area (Å²) in [6.45, 7) is 2.82. The fourth-order valence-corrected chi connectivity index (χ4v) is 4.85. The highest BCUT2D eigenvalue weighted by molar-refractivity contribution is 8.16. The minimum absolute atomic E-state index is 0.188. The molecule has 1 unspecified atom stereocenters. The average Bonchev–Trinajstić information content (AvgIpc) is 2.67. The van der Waals surface area contributed by atoms with Gasteiger partial charge in [-0.1, -0.05) is 36.7 Å². The minimum Gasteiger partial charge on any atom is -0.493 e. The molecule has 0 aromatic heterocycles. The number of benzene rings is 2. The molecule has 142 valence electrons. The summed E-state index contributed by atoms with van der Waals surface area (Å²) in [7, 11) is 1.66. The number of hydrogen-bond donors (Lipinski definition) is 1. The van der Waals surface area contributed by atoms with Gasteiger partial charge in [-0.05, 0) is 47.6 Å². The summed E-state index contributed by atoms with van der Waals surface area (Å²) >= 11 is 9.56. The van der Waals surface area contributed by atoms with Crippen LogP contribution in [0.1, 0.15) is 29.1 Å². The van der Waals surface area contributed by atoms with E-state index in [1.54, 1.807) is 18.9 Å². The van der Waals surface area contributed by atoms with Crippen LogP contribution in [0, 0.1) is 0 Å². The first kappa shape index (κ1) is 21.3. The van der Waals surface area contributed by atoms with Gasteiger partial charge < -0.3 is 14.6 Å². The van der Waals surface area contributed by atoms with Gasteiger partial charge in [-0.3, -0.25) is 0 Å². The molecule has 26 heavy (non-hydrogen) atoms. The number of rotatable bonds is 11. The largest absolute Gasteiger partial charge is 0.493 e. The molecule has 2 rings (SSSR count). The summed E-state index contributed by atoms with van der Waals surface area (Å²) in [6.07, 6.45) is 1.13. The Hall–Kier alpha value is -1.01. The highest BCUT2D eigenvalue weighted by atomic mass is 35.5. The number of thioether (sulfide) groups is 2. The van der Waals surface area contributed by atoms with Crippen molar-refractivity contribution in [2.24, 2.45) is 0 Å². The Bertz CT molecular complexity index is 657. The smallest absolute Gasteiger partial charge is 0.161 e. The average molecular weight is 413 g/mol. The van der Waals surface area contributed by atoms with Crippen molar-refractivity contribution in [3.8, 4) is 11.5 Å². The molecule has 0 bridgehead atoms. The number of methoxy groups -OCH3 is 1. The Labute approximate surface area is 169 Å². The molecule has 6 heteroatoms. The van der Waals surface area contributed by atoms with Crippen LogP contribution in [-0.2, 0) is 6.61 Å². The van der Waals surface area contributed by atoms with Crippen LogP contribution in [0.4, 0.5) is 0 Å². The Morgan fingerprint density at radius 1 is 1.04 bits per heavy atom. The van der Waals surface area contributed by atoms with Gasteiger partial charge >= 0.3 is 0 Å². The molecule has 2 aromatic rings. The van der Waals surface area contributed by atoms with Crippen LogP contribution >= 0.6 is 35.1 Å². The fraction of sp³-hybridized carbons (Fsp3) is 0.400. The van der Waals surface area contributed by atoms with Crippen LogP contribution in [-0.4, -0.2) is 30.3 Å². The van der Waals surface area contributed by atoms with E-state index < -0.39 is 0 Å². The summed E-state index contributed by atoms with van der Waals surface area (Å²) in [5.41, 5.74) is 2.23. The molecule has 1 N–H and O–H groups in total. The topological polar surface area (TPSA) is 38.7 Å². The molecular formula is C20H25ClO3S2. The quantitative estimate of drug-likeness (QED) is 0.472. The molecule has 0 aliphatic heterocycles. The lowest BCUT2D eigenvalue weighted by Gasteiger charge is -2.18. The lowest BCUT2D eigenvalue weighted by Crippen LogP contribution is -2.00. The van der Waals surface area contributed by atoms with E-state index in [9.17, 15) is 0 Å². The van der Waals surface area contributed by atoms with E-state index in [2.05, 4.69) is 13.0 Å². The number of aliphatic hydroxyl groups excluding tert-OH is 1. The van der Waals surface area contributed by atoms with Gasteiger partial charge in [0.15, 0.2) is 11.5 Å². The molecule has 3 nitrogen and oxygen atoms in total. The summed E-state index contributed by atoms with van der Waals surface area (Å²) in [5.74, 6) is 3.25. The number of aliphatic hydroxyl groups is 1. The number of hydrogen-bond acceptors (Lipinski definition) is 5. The first-order valence-electron chi connectivity index (χ1n) is 8.57. The normalized spacial score (nSPS) is 12.0. The van der Waals surface area contributed by atoms with E-state index in [4.69, 9.17) is 26.2 Å². The van der Waals surface area contributed by atoms with E-state index in [1.165, 1.54) is 5.56 Å². The second-order valence-electron chi connectivity index (χ2n) is 5.62. The van der Waals surface area contributed by atoms with E-state index in [1.807, 2.05) is 48.2 Å². The molecule has 0 aliphatic rings. The Kier molecular flexibility index (Phi) is 9.54. The highest BCUT2D eigenvalue weighted by Gasteiger charge is 2.15. The molecule has 0 heterocycles. The lowest BCUT2D eigenvalue weighted by molar-refractivity contribution is 0.284. The third kappa shape index (κ3) is 6.62. The van der Waals surface area contributed by atoms with Gasteiger partial charge in [0.1, 0.15) is 6.61 Å². The lowest BCUT2D eigenvalue weighted by atomic mass is 10.2. The van der Waals surface area contributed by atoms with Crippen LogP contribution in [0.2, 0.25) is 5.02 Å². The SMILES string of the molecule is CCCSC(SCCO)c1ccc(OCc2ccc(Cl)cc2)c(OC)c1.